The highest BCUT2D eigenvalue weighted by atomic mass is 32.2. The van der Waals surface area contributed by atoms with Crippen molar-refractivity contribution in [3.63, 3.8) is 0 Å². The lowest BCUT2D eigenvalue weighted by Crippen LogP contribution is -2.53. The number of hydrogen-bond acceptors (Lipinski definition) is 4. The van der Waals surface area contributed by atoms with E-state index in [1.807, 2.05) is 13.8 Å². The van der Waals surface area contributed by atoms with Crippen LogP contribution in [-0.2, 0) is 10.0 Å². The number of benzene rings is 1. The quantitative estimate of drug-likeness (QED) is 0.919. The SMILES string of the molecule is COc1ccc(S(=O)(=O)N2CCC(N)C(C)(C)C2)c(F)c1. The average Bonchev–Trinajstić information content (AvgIpc) is 2.41. The molecule has 1 saturated heterocycles. The van der Waals surface area contributed by atoms with Crippen LogP contribution in [0.15, 0.2) is 23.1 Å². The molecule has 0 spiro atoms. The molecule has 5 nitrogen and oxygen atoms in total. The summed E-state index contributed by atoms with van der Waals surface area (Å²) in [6, 6.07) is 3.69. The summed E-state index contributed by atoms with van der Waals surface area (Å²) in [5.74, 6) is -0.519. The van der Waals surface area contributed by atoms with Gasteiger partial charge < -0.3 is 10.5 Å². The molecule has 1 fully saturated rings. The molecule has 1 aliphatic rings. The van der Waals surface area contributed by atoms with E-state index in [0.29, 0.717) is 13.0 Å². The van der Waals surface area contributed by atoms with E-state index in [1.165, 1.54) is 23.5 Å². The maximum absolute atomic E-state index is 14.0. The summed E-state index contributed by atoms with van der Waals surface area (Å²) in [6.07, 6.45) is 0.560. The summed E-state index contributed by atoms with van der Waals surface area (Å²) in [5, 5.41) is 0. The van der Waals surface area contributed by atoms with E-state index >= 15 is 0 Å². The van der Waals surface area contributed by atoms with Gasteiger partial charge in [-0.1, -0.05) is 13.8 Å². The standard InChI is InChI=1S/C14H21FN2O3S/c1-14(2)9-17(7-6-13(14)16)21(18,19)12-5-4-10(20-3)8-11(12)15/h4-5,8,13H,6-7,9,16H2,1-3H3. The summed E-state index contributed by atoms with van der Waals surface area (Å²) >= 11 is 0. The molecule has 0 aromatic heterocycles. The Morgan fingerprint density at radius 1 is 1.43 bits per heavy atom. The van der Waals surface area contributed by atoms with E-state index in [2.05, 4.69) is 0 Å². The third-order valence-corrected chi connectivity index (χ3v) is 5.91. The van der Waals surface area contributed by atoms with Gasteiger partial charge in [0.15, 0.2) is 0 Å². The van der Waals surface area contributed by atoms with Gasteiger partial charge in [0.25, 0.3) is 0 Å². The molecule has 1 aliphatic heterocycles. The predicted octanol–water partition coefficient (Wildman–Crippen LogP) is 1.58. The van der Waals surface area contributed by atoms with Crippen LogP contribution in [0.3, 0.4) is 0 Å². The summed E-state index contributed by atoms with van der Waals surface area (Å²) in [7, 11) is -2.46. The van der Waals surface area contributed by atoms with Crippen molar-refractivity contribution < 1.29 is 17.5 Å². The van der Waals surface area contributed by atoms with Crippen molar-refractivity contribution in [2.45, 2.75) is 31.2 Å². The number of nitrogens with zero attached hydrogens (tertiary/aromatic N) is 1. The van der Waals surface area contributed by atoms with Crippen LogP contribution in [0.4, 0.5) is 4.39 Å². The third kappa shape index (κ3) is 3.04. The first kappa shape index (κ1) is 16.2. The van der Waals surface area contributed by atoms with Gasteiger partial charge in [0.05, 0.1) is 7.11 Å². The minimum atomic E-state index is -3.86. The fourth-order valence-electron chi connectivity index (χ4n) is 2.49. The highest BCUT2D eigenvalue weighted by molar-refractivity contribution is 7.89. The summed E-state index contributed by atoms with van der Waals surface area (Å²) in [5.41, 5.74) is 5.67. The van der Waals surface area contributed by atoms with Crippen molar-refractivity contribution in [2.24, 2.45) is 11.1 Å². The fraction of sp³-hybridized carbons (Fsp3) is 0.571. The molecule has 0 saturated carbocycles. The first-order chi connectivity index (χ1) is 9.68. The Bertz CT molecular complexity index is 631. The van der Waals surface area contributed by atoms with Crippen LogP contribution in [0.2, 0.25) is 0 Å². The van der Waals surface area contributed by atoms with Crippen molar-refractivity contribution in [1.29, 1.82) is 0 Å². The lowest BCUT2D eigenvalue weighted by molar-refractivity contribution is 0.155. The number of rotatable bonds is 3. The summed E-state index contributed by atoms with van der Waals surface area (Å²) < 4.78 is 45.5. The Balaban J connectivity index is 2.35. The molecule has 0 aliphatic carbocycles. The van der Waals surface area contributed by atoms with Crippen LogP contribution >= 0.6 is 0 Å². The fourth-order valence-corrected chi connectivity index (χ4v) is 4.16. The number of ether oxygens (including phenoxy) is 1. The first-order valence-electron chi connectivity index (χ1n) is 6.78. The molecule has 0 radical (unpaired) electrons. The smallest absolute Gasteiger partial charge is 0.246 e. The molecular weight excluding hydrogens is 295 g/mol. The number of halogens is 1. The van der Waals surface area contributed by atoms with Crippen molar-refractivity contribution in [2.75, 3.05) is 20.2 Å². The first-order valence-corrected chi connectivity index (χ1v) is 8.22. The van der Waals surface area contributed by atoms with Crippen LogP contribution < -0.4 is 10.5 Å². The second kappa shape index (κ2) is 5.55. The zero-order valence-electron chi connectivity index (χ0n) is 12.5. The highest BCUT2D eigenvalue weighted by Gasteiger charge is 2.39. The predicted molar refractivity (Wildman–Crippen MR) is 78.1 cm³/mol. The van der Waals surface area contributed by atoms with Gasteiger partial charge in [-0.05, 0) is 24.0 Å². The van der Waals surface area contributed by atoms with Gasteiger partial charge >= 0.3 is 0 Å². The van der Waals surface area contributed by atoms with Gasteiger partial charge in [-0.15, -0.1) is 0 Å². The van der Waals surface area contributed by atoms with Gasteiger partial charge in [0, 0.05) is 25.2 Å². The van der Waals surface area contributed by atoms with E-state index in [4.69, 9.17) is 10.5 Å². The van der Waals surface area contributed by atoms with E-state index in [0.717, 1.165) is 6.07 Å². The van der Waals surface area contributed by atoms with Crippen molar-refractivity contribution in [1.82, 2.24) is 4.31 Å². The normalized spacial score (nSPS) is 23.0. The number of nitrogens with two attached hydrogens (primary N) is 1. The van der Waals surface area contributed by atoms with Gasteiger partial charge in [-0.25, -0.2) is 12.8 Å². The molecule has 1 atom stereocenters. The Morgan fingerprint density at radius 3 is 2.62 bits per heavy atom. The van der Waals surface area contributed by atoms with Gasteiger partial charge in [-0.3, -0.25) is 0 Å². The van der Waals surface area contributed by atoms with Gasteiger partial charge in [0.2, 0.25) is 10.0 Å². The molecule has 2 rings (SSSR count). The molecule has 1 heterocycles. The minimum absolute atomic E-state index is 0.0651. The minimum Gasteiger partial charge on any atom is -0.497 e. The zero-order valence-corrected chi connectivity index (χ0v) is 13.3. The number of sulfonamides is 1. The molecule has 1 aromatic rings. The third-order valence-electron chi connectivity index (χ3n) is 4.03. The topological polar surface area (TPSA) is 72.6 Å². The van der Waals surface area contributed by atoms with Crippen LogP contribution in [0.5, 0.6) is 5.75 Å². The molecule has 21 heavy (non-hydrogen) atoms. The Hall–Kier alpha value is -1.18. The molecular formula is C14H21FN2O3S. The molecule has 118 valence electrons. The molecule has 0 amide bonds. The maximum atomic E-state index is 14.0. The van der Waals surface area contributed by atoms with Crippen molar-refractivity contribution >= 4 is 10.0 Å². The van der Waals surface area contributed by atoms with E-state index in [-0.39, 0.29) is 28.6 Å². The lowest BCUT2D eigenvalue weighted by Gasteiger charge is -2.41. The van der Waals surface area contributed by atoms with Crippen LogP contribution in [0.1, 0.15) is 20.3 Å². The zero-order chi connectivity index (χ0) is 15.8. The molecule has 7 heteroatoms. The monoisotopic (exact) mass is 316 g/mol. The molecule has 0 bridgehead atoms. The van der Waals surface area contributed by atoms with Crippen molar-refractivity contribution in [3.8, 4) is 5.75 Å². The van der Waals surface area contributed by atoms with E-state index < -0.39 is 15.8 Å². The second-order valence-electron chi connectivity index (χ2n) is 6.02. The average molecular weight is 316 g/mol. The highest BCUT2D eigenvalue weighted by Crippen LogP contribution is 2.32. The van der Waals surface area contributed by atoms with E-state index in [9.17, 15) is 12.8 Å². The summed E-state index contributed by atoms with van der Waals surface area (Å²) in [4.78, 5) is -0.324. The Morgan fingerprint density at radius 2 is 2.10 bits per heavy atom. The Kier molecular flexibility index (Phi) is 4.28. The van der Waals surface area contributed by atoms with Crippen LogP contribution in [-0.4, -0.2) is 39.0 Å². The van der Waals surface area contributed by atoms with Crippen LogP contribution in [0, 0.1) is 11.2 Å². The number of piperidine rings is 1. The molecule has 1 aromatic carbocycles. The number of hydrogen-bond donors (Lipinski definition) is 1. The molecule has 2 N–H and O–H groups in total. The maximum Gasteiger partial charge on any atom is 0.246 e. The Labute approximate surface area is 124 Å². The van der Waals surface area contributed by atoms with Gasteiger partial charge in [-0.2, -0.15) is 4.31 Å². The molecule has 1 unspecified atom stereocenters. The second-order valence-corrected chi connectivity index (χ2v) is 7.93. The van der Waals surface area contributed by atoms with Gasteiger partial charge in [0.1, 0.15) is 16.5 Å². The summed E-state index contributed by atoms with van der Waals surface area (Å²) in [6.45, 7) is 4.42. The van der Waals surface area contributed by atoms with Crippen molar-refractivity contribution in [3.05, 3.63) is 24.0 Å². The largest absolute Gasteiger partial charge is 0.497 e. The van der Waals surface area contributed by atoms with Crippen LogP contribution in [0.25, 0.3) is 0 Å². The lowest BCUT2D eigenvalue weighted by atomic mass is 9.81. The van der Waals surface area contributed by atoms with E-state index in [1.54, 1.807) is 0 Å². The number of methoxy groups -OCH3 is 1.